The van der Waals surface area contributed by atoms with Gasteiger partial charge in [-0.1, -0.05) is 19.4 Å². The molecule has 5 atom stereocenters. The molecule has 3 fully saturated rings. The van der Waals surface area contributed by atoms with Gasteiger partial charge in [0, 0.05) is 22.8 Å². The van der Waals surface area contributed by atoms with Crippen molar-refractivity contribution in [3.8, 4) is 0 Å². The Bertz CT molecular complexity index is 789. The van der Waals surface area contributed by atoms with E-state index in [1.807, 2.05) is 6.92 Å². The molecule has 0 aromatic rings. The first-order valence-electron chi connectivity index (χ1n) is 9.63. The monoisotopic (exact) mass is 358 g/mol. The van der Waals surface area contributed by atoms with Gasteiger partial charge in [-0.2, -0.15) is 0 Å². The summed E-state index contributed by atoms with van der Waals surface area (Å²) < 4.78 is 19.5. The highest BCUT2D eigenvalue weighted by molar-refractivity contribution is 6.05. The molecule has 4 heteroatoms. The summed E-state index contributed by atoms with van der Waals surface area (Å²) in [6, 6.07) is 0. The Balaban J connectivity index is 1.88. The minimum atomic E-state index is -0.410. The first-order chi connectivity index (χ1) is 12.3. The fourth-order valence-electron chi connectivity index (χ4n) is 6.64. The number of ether oxygens (including phenoxy) is 1. The molecule has 0 amide bonds. The summed E-state index contributed by atoms with van der Waals surface area (Å²) in [4.78, 5) is 25.0. The molecular weight excluding hydrogens is 331 g/mol. The van der Waals surface area contributed by atoms with Crippen LogP contribution in [0.5, 0.6) is 0 Å². The van der Waals surface area contributed by atoms with Crippen molar-refractivity contribution in [3.05, 3.63) is 34.9 Å². The van der Waals surface area contributed by atoms with Crippen LogP contribution in [0.1, 0.15) is 52.9 Å². The van der Waals surface area contributed by atoms with Gasteiger partial charge in [0.25, 0.3) is 0 Å². The standard InChI is InChI=1S/C22H27FO3/c1-12-9-17(24)20(26-4)19-13(11-23)10-14-15-5-6-18(25)21(15,2)8-7-16(14)22(12,19)3/h9,11,14-16H,5-8,10H2,1-4H3/t14-,15-,16-,21-,22+/m0/s1. The van der Waals surface area contributed by atoms with Gasteiger partial charge in [0.2, 0.25) is 5.78 Å². The second-order valence-electron chi connectivity index (χ2n) is 8.94. The molecule has 0 radical (unpaired) electrons. The lowest BCUT2D eigenvalue weighted by atomic mass is 9.46. The molecule has 0 saturated heterocycles. The number of methoxy groups -OCH3 is 1. The van der Waals surface area contributed by atoms with Gasteiger partial charge < -0.3 is 4.74 Å². The molecule has 0 aromatic carbocycles. The molecule has 3 nitrogen and oxygen atoms in total. The van der Waals surface area contributed by atoms with Crippen LogP contribution < -0.4 is 0 Å². The zero-order valence-electron chi connectivity index (χ0n) is 16.0. The maximum absolute atomic E-state index is 14.0. The van der Waals surface area contributed by atoms with Crippen molar-refractivity contribution in [2.75, 3.05) is 7.11 Å². The molecule has 26 heavy (non-hydrogen) atoms. The van der Waals surface area contributed by atoms with Crippen LogP contribution >= 0.6 is 0 Å². The van der Waals surface area contributed by atoms with Gasteiger partial charge >= 0.3 is 0 Å². The summed E-state index contributed by atoms with van der Waals surface area (Å²) in [6.45, 7) is 6.24. The fraction of sp³-hybridized carbons (Fsp3) is 0.636. The van der Waals surface area contributed by atoms with E-state index in [1.54, 1.807) is 6.08 Å². The number of ketones is 2. The average Bonchev–Trinajstić information content (AvgIpc) is 2.91. The Morgan fingerprint density at radius 1 is 1.23 bits per heavy atom. The topological polar surface area (TPSA) is 43.4 Å². The summed E-state index contributed by atoms with van der Waals surface area (Å²) in [5, 5.41) is 0. The Morgan fingerprint density at radius 2 is 1.96 bits per heavy atom. The van der Waals surface area contributed by atoms with E-state index in [-0.39, 0.29) is 22.9 Å². The maximum Gasteiger partial charge on any atom is 0.220 e. The Morgan fingerprint density at radius 3 is 2.62 bits per heavy atom. The summed E-state index contributed by atoms with van der Waals surface area (Å²) in [7, 11) is 1.49. The molecular formula is C22H27FO3. The largest absolute Gasteiger partial charge is 0.492 e. The van der Waals surface area contributed by atoms with E-state index in [9.17, 15) is 14.0 Å². The third-order valence-electron chi connectivity index (χ3n) is 8.14. The van der Waals surface area contributed by atoms with Crippen molar-refractivity contribution in [1.82, 2.24) is 0 Å². The van der Waals surface area contributed by atoms with Crippen molar-refractivity contribution >= 4 is 11.6 Å². The lowest BCUT2D eigenvalue weighted by Crippen LogP contribution is -2.52. The second-order valence-corrected chi connectivity index (χ2v) is 8.94. The van der Waals surface area contributed by atoms with E-state index in [2.05, 4.69) is 13.8 Å². The van der Waals surface area contributed by atoms with Crippen LogP contribution in [-0.4, -0.2) is 18.7 Å². The summed E-state index contributed by atoms with van der Waals surface area (Å²) in [5.41, 5.74) is 1.64. The highest BCUT2D eigenvalue weighted by Crippen LogP contribution is 2.66. The molecule has 4 aliphatic carbocycles. The third-order valence-corrected chi connectivity index (χ3v) is 8.14. The summed E-state index contributed by atoms with van der Waals surface area (Å²) in [5.74, 6) is 1.37. The number of rotatable bonds is 1. The number of fused-ring (bicyclic) bond motifs is 5. The molecule has 140 valence electrons. The molecule has 0 N–H and O–H groups in total. The van der Waals surface area contributed by atoms with Gasteiger partial charge in [0.15, 0.2) is 5.76 Å². The fourth-order valence-corrected chi connectivity index (χ4v) is 6.64. The molecule has 0 heterocycles. The van der Waals surface area contributed by atoms with Crippen molar-refractivity contribution in [3.63, 3.8) is 0 Å². The molecule has 0 aromatic heterocycles. The Hall–Kier alpha value is -1.71. The molecule has 0 aliphatic heterocycles. The van der Waals surface area contributed by atoms with Gasteiger partial charge in [0.1, 0.15) is 5.78 Å². The minimum Gasteiger partial charge on any atom is -0.492 e. The Labute approximate surface area is 154 Å². The number of hydrogen-bond acceptors (Lipinski definition) is 3. The van der Waals surface area contributed by atoms with Gasteiger partial charge in [-0.15, -0.1) is 0 Å². The molecule has 0 spiro atoms. The van der Waals surface area contributed by atoms with Crippen molar-refractivity contribution < 1.29 is 18.7 Å². The number of allylic oxidation sites excluding steroid dienone is 4. The van der Waals surface area contributed by atoms with Gasteiger partial charge in [-0.3, -0.25) is 9.59 Å². The van der Waals surface area contributed by atoms with Crippen LogP contribution in [0.2, 0.25) is 0 Å². The van der Waals surface area contributed by atoms with E-state index in [1.165, 1.54) is 7.11 Å². The number of carbonyl (C=O) groups is 2. The number of halogens is 1. The van der Waals surface area contributed by atoms with Crippen LogP contribution in [0.25, 0.3) is 0 Å². The average molecular weight is 358 g/mol. The highest BCUT2D eigenvalue weighted by Gasteiger charge is 2.61. The van der Waals surface area contributed by atoms with E-state index < -0.39 is 5.41 Å². The molecule has 3 saturated carbocycles. The summed E-state index contributed by atoms with van der Waals surface area (Å²) in [6.07, 6.45) is 6.29. The lowest BCUT2D eigenvalue weighted by molar-refractivity contribution is -0.131. The predicted molar refractivity (Wildman–Crippen MR) is 96.8 cm³/mol. The maximum atomic E-state index is 14.0. The van der Waals surface area contributed by atoms with Crippen LogP contribution in [-0.2, 0) is 14.3 Å². The summed E-state index contributed by atoms with van der Waals surface area (Å²) >= 11 is 0. The van der Waals surface area contributed by atoms with Crippen LogP contribution in [0.3, 0.4) is 0 Å². The third kappa shape index (κ3) is 1.99. The Kier molecular flexibility index (Phi) is 3.84. The van der Waals surface area contributed by atoms with Crippen LogP contribution in [0, 0.1) is 28.6 Å². The van der Waals surface area contributed by atoms with Gasteiger partial charge in [0.05, 0.1) is 13.4 Å². The zero-order valence-corrected chi connectivity index (χ0v) is 16.0. The van der Waals surface area contributed by atoms with Crippen LogP contribution in [0.15, 0.2) is 34.9 Å². The van der Waals surface area contributed by atoms with Crippen LogP contribution in [0.4, 0.5) is 4.39 Å². The SMILES string of the molecule is COC1=C2C(=CF)C[C@@H]3[C@H](CC[C@]4(C)C(=O)CC[C@@H]34)[C@@]2(C)C(C)=CC1=O. The van der Waals surface area contributed by atoms with Gasteiger partial charge in [-0.05, 0) is 62.0 Å². The zero-order chi connectivity index (χ0) is 18.9. The number of Topliss-reactive ketones (excluding diaryl/α,β-unsaturated/α-hetero) is 1. The van der Waals surface area contributed by atoms with E-state index in [0.29, 0.717) is 42.4 Å². The number of hydrogen-bond donors (Lipinski definition) is 0. The molecule has 4 rings (SSSR count). The van der Waals surface area contributed by atoms with Crippen molar-refractivity contribution in [2.45, 2.75) is 52.9 Å². The second kappa shape index (κ2) is 5.64. The van der Waals surface area contributed by atoms with Crippen molar-refractivity contribution in [1.29, 1.82) is 0 Å². The van der Waals surface area contributed by atoms with E-state index in [4.69, 9.17) is 4.74 Å². The smallest absolute Gasteiger partial charge is 0.220 e. The van der Waals surface area contributed by atoms with Gasteiger partial charge in [-0.25, -0.2) is 4.39 Å². The predicted octanol–water partition coefficient (Wildman–Crippen LogP) is 4.69. The molecule has 4 aliphatic rings. The lowest BCUT2D eigenvalue weighted by Gasteiger charge is -2.57. The highest BCUT2D eigenvalue weighted by atomic mass is 19.1. The van der Waals surface area contributed by atoms with E-state index >= 15 is 0 Å². The van der Waals surface area contributed by atoms with E-state index in [0.717, 1.165) is 30.4 Å². The van der Waals surface area contributed by atoms with Crippen molar-refractivity contribution in [2.24, 2.45) is 28.6 Å². The minimum absolute atomic E-state index is 0.174. The quantitative estimate of drug-likeness (QED) is 0.683. The first kappa shape index (κ1) is 17.7. The molecule has 0 unspecified atom stereocenters. The molecule has 0 bridgehead atoms. The number of carbonyl (C=O) groups excluding carboxylic acids is 2. The normalized spacial score (nSPS) is 43.8. The first-order valence-corrected chi connectivity index (χ1v) is 9.63.